The van der Waals surface area contributed by atoms with Crippen LogP contribution in [0.25, 0.3) is 16.6 Å². The zero-order valence-corrected chi connectivity index (χ0v) is 16.4. The van der Waals surface area contributed by atoms with Crippen molar-refractivity contribution in [1.29, 1.82) is 0 Å². The van der Waals surface area contributed by atoms with Crippen LogP contribution in [-0.4, -0.2) is 26.2 Å². The third-order valence-electron chi connectivity index (χ3n) is 4.75. The number of para-hydroxylation sites is 2. The molecule has 2 N–H and O–H groups in total. The summed E-state index contributed by atoms with van der Waals surface area (Å²) in [5.41, 5.74) is 6.40. The summed E-state index contributed by atoms with van der Waals surface area (Å²) in [5.74, 6) is -1.28. The molecule has 2 amide bonds. The van der Waals surface area contributed by atoms with Crippen molar-refractivity contribution in [3.8, 4) is 5.69 Å². The molecule has 0 radical (unpaired) electrons. The fraction of sp³-hybridized carbons (Fsp3) is 0.0909. The normalized spacial score (nSPS) is 10.7. The lowest BCUT2D eigenvalue weighted by atomic mass is 10.2. The van der Waals surface area contributed by atoms with E-state index in [1.165, 1.54) is 10.7 Å². The number of fused-ring (bicyclic) bond motifs is 1. The number of benzene rings is 2. The van der Waals surface area contributed by atoms with E-state index in [9.17, 15) is 14.4 Å². The third-order valence-corrected chi connectivity index (χ3v) is 4.75. The molecule has 4 aromatic rings. The Morgan fingerprint density at radius 1 is 0.933 bits per heavy atom. The smallest absolute Gasteiger partial charge is 0.294 e. The number of hydrazine groups is 1. The van der Waals surface area contributed by atoms with E-state index in [2.05, 4.69) is 16.0 Å². The van der Waals surface area contributed by atoms with Crippen LogP contribution in [0, 0.1) is 6.92 Å². The van der Waals surface area contributed by atoms with Gasteiger partial charge in [-0.1, -0.05) is 36.4 Å². The van der Waals surface area contributed by atoms with Gasteiger partial charge in [0.05, 0.1) is 11.3 Å². The van der Waals surface area contributed by atoms with Crippen LogP contribution in [0.1, 0.15) is 26.5 Å². The molecule has 0 saturated heterocycles. The van der Waals surface area contributed by atoms with E-state index in [0.717, 1.165) is 10.9 Å². The van der Waals surface area contributed by atoms with Gasteiger partial charge in [-0.05, 0) is 25.1 Å². The lowest BCUT2D eigenvalue weighted by Crippen LogP contribution is -2.44. The van der Waals surface area contributed by atoms with Gasteiger partial charge in [-0.15, -0.1) is 0 Å². The predicted molar refractivity (Wildman–Crippen MR) is 112 cm³/mol. The van der Waals surface area contributed by atoms with Gasteiger partial charge in [0.15, 0.2) is 5.69 Å². The number of aryl methyl sites for hydroxylation is 2. The molecule has 2 aromatic heterocycles. The first-order valence-corrected chi connectivity index (χ1v) is 9.27. The average Bonchev–Trinajstić information content (AvgIpc) is 3.09. The van der Waals surface area contributed by atoms with Crippen LogP contribution in [0.4, 0.5) is 0 Å². The van der Waals surface area contributed by atoms with Crippen LogP contribution in [0.2, 0.25) is 0 Å². The first kappa shape index (κ1) is 19.1. The summed E-state index contributed by atoms with van der Waals surface area (Å²) in [6.45, 7) is 1.73. The Kier molecular flexibility index (Phi) is 4.89. The monoisotopic (exact) mass is 401 g/mol. The van der Waals surface area contributed by atoms with Gasteiger partial charge in [0.25, 0.3) is 11.8 Å². The molecule has 0 bridgehead atoms. The molecule has 2 heterocycles. The maximum Gasteiger partial charge on any atom is 0.294 e. The van der Waals surface area contributed by atoms with Crippen LogP contribution in [0.3, 0.4) is 0 Å². The number of hydrogen-bond donors (Lipinski definition) is 2. The molecule has 8 heteroatoms. The maximum atomic E-state index is 12.6. The van der Waals surface area contributed by atoms with Crippen molar-refractivity contribution < 1.29 is 9.59 Å². The number of nitrogens with zero attached hydrogens (tertiary/aromatic N) is 3. The number of nitrogens with one attached hydrogen (secondary N) is 2. The largest absolute Gasteiger partial charge is 0.350 e. The molecule has 0 atom stereocenters. The topological polar surface area (TPSA) is 98.0 Å². The Bertz CT molecular complexity index is 1320. The molecule has 4 rings (SSSR count). The van der Waals surface area contributed by atoms with Gasteiger partial charge >= 0.3 is 0 Å². The van der Waals surface area contributed by atoms with Crippen molar-refractivity contribution in [3.63, 3.8) is 0 Å². The van der Waals surface area contributed by atoms with Crippen LogP contribution in [0.5, 0.6) is 0 Å². The fourth-order valence-electron chi connectivity index (χ4n) is 3.30. The quantitative estimate of drug-likeness (QED) is 0.514. The molecule has 0 unspecified atom stereocenters. The minimum Gasteiger partial charge on any atom is -0.350 e. The Morgan fingerprint density at radius 3 is 2.37 bits per heavy atom. The highest BCUT2D eigenvalue weighted by Gasteiger charge is 2.18. The van der Waals surface area contributed by atoms with Gasteiger partial charge in [0.2, 0.25) is 5.43 Å². The highest BCUT2D eigenvalue weighted by atomic mass is 16.2. The molecule has 2 aromatic carbocycles. The second-order valence-electron chi connectivity index (χ2n) is 6.83. The summed E-state index contributed by atoms with van der Waals surface area (Å²) < 4.78 is 3.33. The summed E-state index contributed by atoms with van der Waals surface area (Å²) in [4.78, 5) is 37.5. The van der Waals surface area contributed by atoms with Gasteiger partial charge in [-0.2, -0.15) is 5.10 Å². The second kappa shape index (κ2) is 7.67. The number of rotatable bonds is 3. The van der Waals surface area contributed by atoms with Crippen molar-refractivity contribution in [1.82, 2.24) is 25.2 Å². The van der Waals surface area contributed by atoms with E-state index in [1.54, 1.807) is 13.1 Å². The highest BCUT2D eigenvalue weighted by molar-refractivity contribution is 6.07. The number of amides is 2. The number of carbonyl (C=O) groups is 2. The summed E-state index contributed by atoms with van der Waals surface area (Å²) in [7, 11) is 1.83. The van der Waals surface area contributed by atoms with E-state index in [0.29, 0.717) is 16.9 Å². The van der Waals surface area contributed by atoms with Gasteiger partial charge < -0.3 is 4.57 Å². The van der Waals surface area contributed by atoms with Crippen molar-refractivity contribution in [3.05, 3.63) is 94.0 Å². The van der Waals surface area contributed by atoms with Gasteiger partial charge in [-0.3, -0.25) is 25.2 Å². The van der Waals surface area contributed by atoms with Crippen LogP contribution in [0.15, 0.2) is 71.7 Å². The minimum atomic E-state index is -0.793. The van der Waals surface area contributed by atoms with E-state index in [4.69, 9.17) is 0 Å². The Balaban J connectivity index is 1.57. The van der Waals surface area contributed by atoms with Gasteiger partial charge in [0.1, 0.15) is 0 Å². The number of aromatic nitrogens is 3. The Morgan fingerprint density at radius 2 is 1.60 bits per heavy atom. The summed E-state index contributed by atoms with van der Waals surface area (Å²) in [6, 6.07) is 17.9. The van der Waals surface area contributed by atoms with Crippen molar-refractivity contribution >= 4 is 22.7 Å². The van der Waals surface area contributed by atoms with Crippen molar-refractivity contribution in [2.45, 2.75) is 6.92 Å². The average molecular weight is 401 g/mol. The van der Waals surface area contributed by atoms with E-state index in [-0.39, 0.29) is 5.69 Å². The third kappa shape index (κ3) is 3.46. The lowest BCUT2D eigenvalue weighted by molar-refractivity contribution is 0.0843. The van der Waals surface area contributed by atoms with Crippen LogP contribution >= 0.6 is 0 Å². The molecule has 0 aliphatic heterocycles. The fourth-order valence-corrected chi connectivity index (χ4v) is 3.30. The summed E-state index contributed by atoms with van der Waals surface area (Å²) in [6.07, 6.45) is 1.68. The molecule has 0 fully saturated rings. The molecule has 0 aliphatic rings. The minimum absolute atomic E-state index is 0.317. The molecule has 0 saturated carbocycles. The van der Waals surface area contributed by atoms with Crippen molar-refractivity contribution in [2.75, 3.05) is 0 Å². The molecular weight excluding hydrogens is 382 g/mol. The standard InChI is InChI=1S/C22H19N5O3/c1-14-12-19(28)20(25-27(14)15-8-4-3-5-9-15)22(30)24-23-21(29)17-13-26(2)18-11-7-6-10-16(17)18/h3-13H,1-2H3,(H,23,29)(H,24,30). The zero-order valence-electron chi connectivity index (χ0n) is 16.4. The molecular formula is C22H19N5O3. The van der Waals surface area contributed by atoms with E-state index in [1.807, 2.05) is 66.2 Å². The Hall–Kier alpha value is -4.20. The number of carbonyl (C=O) groups excluding carboxylic acids is 2. The maximum absolute atomic E-state index is 12.6. The molecule has 150 valence electrons. The summed E-state index contributed by atoms with van der Waals surface area (Å²) in [5, 5.41) is 4.94. The first-order chi connectivity index (χ1) is 14.5. The summed E-state index contributed by atoms with van der Waals surface area (Å²) >= 11 is 0. The van der Waals surface area contributed by atoms with Gasteiger partial charge in [0, 0.05) is 35.9 Å². The molecule has 0 spiro atoms. The highest BCUT2D eigenvalue weighted by Crippen LogP contribution is 2.19. The first-order valence-electron chi connectivity index (χ1n) is 9.27. The SMILES string of the molecule is Cc1cc(=O)c(C(=O)NNC(=O)c2cn(C)c3ccccc23)nn1-c1ccccc1. The molecule has 30 heavy (non-hydrogen) atoms. The van der Waals surface area contributed by atoms with Crippen LogP contribution < -0.4 is 16.3 Å². The van der Waals surface area contributed by atoms with E-state index < -0.39 is 17.2 Å². The molecule has 8 nitrogen and oxygen atoms in total. The van der Waals surface area contributed by atoms with Gasteiger partial charge in [-0.25, -0.2) is 4.68 Å². The molecule has 0 aliphatic carbocycles. The second-order valence-corrected chi connectivity index (χ2v) is 6.83. The lowest BCUT2D eigenvalue weighted by Gasteiger charge is -2.11. The number of hydrogen-bond acceptors (Lipinski definition) is 4. The predicted octanol–water partition coefficient (Wildman–Crippen LogP) is 2.11. The van der Waals surface area contributed by atoms with E-state index >= 15 is 0 Å². The zero-order chi connectivity index (χ0) is 21.3. The van der Waals surface area contributed by atoms with Crippen LogP contribution in [-0.2, 0) is 7.05 Å². The van der Waals surface area contributed by atoms with Crippen molar-refractivity contribution in [2.24, 2.45) is 7.05 Å². The Labute approximate surface area is 171 Å².